The van der Waals surface area contributed by atoms with Gasteiger partial charge in [-0.1, -0.05) is 92.7 Å². The number of benzene rings is 4. The minimum absolute atomic E-state index is 0.00322. The van der Waals surface area contributed by atoms with Crippen LogP contribution in [0.25, 0.3) is 0 Å². The van der Waals surface area contributed by atoms with Crippen molar-refractivity contribution in [1.29, 1.82) is 0 Å². The molecule has 3 fully saturated rings. The molecule has 342 valence electrons. The Morgan fingerprint density at radius 1 is 0.672 bits per heavy atom. The first-order valence-corrected chi connectivity index (χ1v) is 21.8. The van der Waals surface area contributed by atoms with Crippen LogP contribution in [-0.4, -0.2) is 98.0 Å². The van der Waals surface area contributed by atoms with Crippen molar-refractivity contribution in [3.8, 4) is 5.75 Å². The van der Waals surface area contributed by atoms with Crippen LogP contribution < -0.4 is 4.74 Å². The summed E-state index contributed by atoms with van der Waals surface area (Å²) in [6.45, 7) is 4.52. The molecule has 0 saturated heterocycles. The van der Waals surface area contributed by atoms with E-state index in [1.807, 2.05) is 56.3 Å². The van der Waals surface area contributed by atoms with Crippen molar-refractivity contribution >= 4 is 17.7 Å². The van der Waals surface area contributed by atoms with Gasteiger partial charge in [0.05, 0.1) is 49.1 Å². The highest BCUT2D eigenvalue weighted by atomic mass is 16.7. The largest absolute Gasteiger partial charge is 0.497 e. The van der Waals surface area contributed by atoms with E-state index in [0.717, 1.165) is 11.1 Å². The van der Waals surface area contributed by atoms with E-state index < -0.39 is 82.6 Å². The summed E-state index contributed by atoms with van der Waals surface area (Å²) >= 11 is 0. The predicted octanol–water partition coefficient (Wildman–Crippen LogP) is 7.11. The summed E-state index contributed by atoms with van der Waals surface area (Å²) in [5, 5.41) is 26.8. The maximum Gasteiger partial charge on any atom is 0.338 e. The highest BCUT2D eigenvalue weighted by Gasteiger charge is 2.71. The van der Waals surface area contributed by atoms with Gasteiger partial charge in [-0.25, -0.2) is 9.59 Å². The molecule has 13 nitrogen and oxygen atoms in total. The summed E-state index contributed by atoms with van der Waals surface area (Å²) in [4.78, 5) is 43.8. The minimum Gasteiger partial charge on any atom is -0.497 e. The van der Waals surface area contributed by atoms with E-state index in [4.69, 9.17) is 37.9 Å². The molecular formula is C51H60O13. The maximum absolute atomic E-state index is 15.9. The number of carbonyl (C=O) groups excluding carboxylic acids is 3. The molecule has 2 bridgehead atoms. The summed E-state index contributed by atoms with van der Waals surface area (Å²) in [5.41, 5.74) is -4.51. The number of rotatable bonds is 17. The van der Waals surface area contributed by atoms with Gasteiger partial charge in [-0.2, -0.15) is 0 Å². The second-order valence-corrected chi connectivity index (χ2v) is 17.9. The standard InChI is InChI=1S/C51H60O13/c1-48(2)39-25-26-51(48,56)43(64-47(54)37-19-13-8-14-20-37)27-40-49(3,45(52)44(39)63-32-57-4)41(62-33-59-29-34-15-9-6-10-16-34)28-42(60-30-35-21-23-38(58-5)24-22-35)50(40,55)31-61-46(53)36-17-11-7-12-18-36/h6-24,39-44,55-56H,25-33H2,1-5H3/t39-,40+,41+,42-,43+,44-,49+,50-,51+/m1/s1. The average molecular weight is 881 g/mol. The van der Waals surface area contributed by atoms with Gasteiger partial charge in [0.25, 0.3) is 0 Å². The Labute approximate surface area is 374 Å². The van der Waals surface area contributed by atoms with Gasteiger partial charge < -0.3 is 48.1 Å². The number of hydrogen-bond acceptors (Lipinski definition) is 13. The molecule has 2 N–H and O–H groups in total. The Balaban J connectivity index is 1.37. The topological polar surface area (TPSA) is 166 Å². The SMILES string of the molecule is COCO[C@H]1C(=O)[C@]2(C)[C@@H](OCOCc3ccccc3)C[C@@H](OCc3ccc(OC)cc3)[C@@](O)(COC(=O)c3ccccc3)[C@H]2C[C@H](OC(=O)c2ccccc2)[C@@]2(O)CC[C@H]1C2(C)C. The second kappa shape index (κ2) is 20.0. The molecule has 7 rings (SSSR count). The number of esters is 2. The molecule has 3 aliphatic carbocycles. The van der Waals surface area contributed by atoms with E-state index in [-0.39, 0.29) is 57.2 Å². The number of Topliss-reactive ketones (excluding diaryl/α,β-unsaturated/α-hetero) is 1. The molecule has 13 heteroatoms. The van der Waals surface area contributed by atoms with Crippen LogP contribution in [0.1, 0.15) is 78.3 Å². The first kappa shape index (κ1) is 47.0. The Hall–Kier alpha value is -4.99. The van der Waals surface area contributed by atoms with Crippen LogP contribution in [0.5, 0.6) is 5.75 Å². The van der Waals surface area contributed by atoms with Gasteiger partial charge in [-0.3, -0.25) is 4.79 Å². The van der Waals surface area contributed by atoms with E-state index in [1.54, 1.807) is 86.8 Å². The first-order chi connectivity index (χ1) is 30.8. The number of fused-ring (bicyclic) bond motifs is 3. The van der Waals surface area contributed by atoms with E-state index in [0.29, 0.717) is 12.2 Å². The van der Waals surface area contributed by atoms with Crippen LogP contribution in [0, 0.1) is 22.7 Å². The van der Waals surface area contributed by atoms with Crippen molar-refractivity contribution in [3.05, 3.63) is 138 Å². The third-order valence-corrected chi connectivity index (χ3v) is 14.1. The molecule has 0 aromatic heterocycles. The molecule has 64 heavy (non-hydrogen) atoms. The van der Waals surface area contributed by atoms with Crippen LogP contribution in [0.2, 0.25) is 0 Å². The zero-order chi connectivity index (χ0) is 45.5. The lowest BCUT2D eigenvalue weighted by molar-refractivity contribution is -0.267. The number of aliphatic hydroxyl groups is 2. The highest BCUT2D eigenvalue weighted by Crippen LogP contribution is 2.61. The average Bonchev–Trinajstić information content (AvgIpc) is 3.56. The lowest BCUT2D eigenvalue weighted by Crippen LogP contribution is -2.70. The summed E-state index contributed by atoms with van der Waals surface area (Å²) in [6.07, 6.45) is -4.49. The normalized spacial score (nSPS) is 29.7. The second-order valence-electron chi connectivity index (χ2n) is 17.9. The van der Waals surface area contributed by atoms with Gasteiger partial charge >= 0.3 is 11.9 Å². The van der Waals surface area contributed by atoms with Crippen LogP contribution in [-0.2, 0) is 51.2 Å². The van der Waals surface area contributed by atoms with Gasteiger partial charge in [0, 0.05) is 30.8 Å². The van der Waals surface area contributed by atoms with Crippen LogP contribution in [0.15, 0.2) is 115 Å². The van der Waals surface area contributed by atoms with Gasteiger partial charge in [0.15, 0.2) is 5.78 Å². The van der Waals surface area contributed by atoms with Gasteiger partial charge in [-0.15, -0.1) is 0 Å². The van der Waals surface area contributed by atoms with Crippen molar-refractivity contribution in [2.45, 2.75) is 95.3 Å². The summed E-state index contributed by atoms with van der Waals surface area (Å²) in [7, 11) is 3.03. The number of methoxy groups -OCH3 is 2. The molecule has 4 aromatic carbocycles. The molecule has 3 aliphatic rings. The molecule has 3 saturated carbocycles. The maximum atomic E-state index is 15.9. The Morgan fingerprint density at radius 3 is 1.91 bits per heavy atom. The van der Waals surface area contributed by atoms with Crippen molar-refractivity contribution in [1.82, 2.24) is 0 Å². The predicted molar refractivity (Wildman–Crippen MR) is 234 cm³/mol. The Kier molecular flexibility index (Phi) is 14.7. The molecule has 9 atom stereocenters. The zero-order valence-electron chi connectivity index (χ0n) is 37.2. The van der Waals surface area contributed by atoms with Crippen LogP contribution >= 0.6 is 0 Å². The molecule has 0 radical (unpaired) electrons. The minimum atomic E-state index is -2.17. The Morgan fingerprint density at radius 2 is 1.28 bits per heavy atom. The van der Waals surface area contributed by atoms with Gasteiger partial charge in [-0.05, 0) is 73.7 Å². The fourth-order valence-corrected chi connectivity index (χ4v) is 10.3. The smallest absolute Gasteiger partial charge is 0.338 e. The molecular weight excluding hydrogens is 821 g/mol. The van der Waals surface area contributed by atoms with Crippen molar-refractivity contribution < 1.29 is 62.5 Å². The molecule has 0 unspecified atom stereocenters. The molecule has 0 aliphatic heterocycles. The quantitative estimate of drug-likeness (QED) is 0.0627. The van der Waals surface area contributed by atoms with E-state index in [9.17, 15) is 19.8 Å². The fourth-order valence-electron chi connectivity index (χ4n) is 10.3. The van der Waals surface area contributed by atoms with Crippen LogP contribution in [0.3, 0.4) is 0 Å². The lowest BCUT2D eigenvalue weighted by Gasteiger charge is -2.57. The summed E-state index contributed by atoms with van der Waals surface area (Å²) < 4.78 is 49.0. The molecule has 0 amide bonds. The zero-order valence-corrected chi connectivity index (χ0v) is 37.2. The number of ether oxygens (including phenoxy) is 8. The van der Waals surface area contributed by atoms with Crippen LogP contribution in [0.4, 0.5) is 0 Å². The van der Waals surface area contributed by atoms with Gasteiger partial charge in [0.2, 0.25) is 0 Å². The fraction of sp³-hybridized carbons (Fsp3) is 0.471. The summed E-state index contributed by atoms with van der Waals surface area (Å²) in [6, 6.07) is 33.6. The van der Waals surface area contributed by atoms with Crippen molar-refractivity contribution in [2.24, 2.45) is 22.7 Å². The molecule has 4 aromatic rings. The third kappa shape index (κ3) is 9.39. The first-order valence-electron chi connectivity index (χ1n) is 21.8. The number of hydrogen-bond donors (Lipinski definition) is 2. The van der Waals surface area contributed by atoms with E-state index in [1.165, 1.54) is 7.11 Å². The van der Waals surface area contributed by atoms with Crippen molar-refractivity contribution in [2.75, 3.05) is 34.4 Å². The molecule has 0 heterocycles. The lowest BCUT2D eigenvalue weighted by atomic mass is 9.53. The number of carbonyl (C=O) groups is 3. The highest BCUT2D eigenvalue weighted by molar-refractivity contribution is 5.91. The monoisotopic (exact) mass is 880 g/mol. The van der Waals surface area contributed by atoms with E-state index in [2.05, 4.69) is 0 Å². The third-order valence-electron chi connectivity index (χ3n) is 14.1. The van der Waals surface area contributed by atoms with E-state index >= 15 is 4.79 Å². The summed E-state index contributed by atoms with van der Waals surface area (Å²) in [5.74, 6) is -3.05. The van der Waals surface area contributed by atoms with Crippen molar-refractivity contribution in [3.63, 3.8) is 0 Å². The van der Waals surface area contributed by atoms with Gasteiger partial charge in [0.1, 0.15) is 49.4 Å². The number of ketones is 1. The Bertz CT molecular complexity index is 2170. The molecule has 0 spiro atoms.